The van der Waals surface area contributed by atoms with Gasteiger partial charge in [0.15, 0.2) is 11.5 Å². The molecule has 1 heterocycles. The van der Waals surface area contributed by atoms with Crippen molar-refractivity contribution >= 4 is 34.3 Å². The SMILES string of the molecule is CCOc1cc(C(=N\c2ccc(-c3noc(C)n3)cc2)/C(=N/C(=O)OC)SC)ccc1O. The third-order valence-corrected chi connectivity index (χ3v) is 4.86. The summed E-state index contributed by atoms with van der Waals surface area (Å²) in [7, 11) is 1.26. The molecular formula is C22H22N4O5S. The van der Waals surface area contributed by atoms with Crippen LogP contribution >= 0.6 is 11.8 Å². The van der Waals surface area contributed by atoms with Crippen molar-refractivity contribution in [2.24, 2.45) is 9.98 Å². The lowest BCUT2D eigenvalue weighted by atomic mass is 10.1. The second kappa shape index (κ2) is 10.6. The monoisotopic (exact) mass is 454 g/mol. The second-order valence-electron chi connectivity index (χ2n) is 6.35. The number of thioether (sulfide) groups is 1. The summed E-state index contributed by atoms with van der Waals surface area (Å²) in [5, 5.41) is 14.3. The molecule has 0 radical (unpaired) electrons. The van der Waals surface area contributed by atoms with Crippen molar-refractivity contribution in [1.29, 1.82) is 0 Å². The van der Waals surface area contributed by atoms with E-state index < -0.39 is 6.09 Å². The van der Waals surface area contributed by atoms with Gasteiger partial charge in [-0.3, -0.25) is 0 Å². The van der Waals surface area contributed by atoms with Crippen LogP contribution in [0.1, 0.15) is 18.4 Å². The Morgan fingerprint density at radius 2 is 1.97 bits per heavy atom. The van der Waals surface area contributed by atoms with E-state index >= 15 is 0 Å². The maximum absolute atomic E-state index is 11.8. The van der Waals surface area contributed by atoms with Gasteiger partial charge in [-0.2, -0.15) is 9.98 Å². The van der Waals surface area contributed by atoms with Crippen molar-refractivity contribution in [3.8, 4) is 22.9 Å². The Morgan fingerprint density at radius 1 is 1.22 bits per heavy atom. The zero-order valence-corrected chi connectivity index (χ0v) is 18.8. The third-order valence-electron chi connectivity index (χ3n) is 4.19. The molecule has 1 amide bonds. The van der Waals surface area contributed by atoms with Crippen molar-refractivity contribution in [2.75, 3.05) is 20.0 Å². The lowest BCUT2D eigenvalue weighted by Gasteiger charge is -2.12. The van der Waals surface area contributed by atoms with E-state index in [1.165, 1.54) is 24.9 Å². The average molecular weight is 455 g/mol. The number of aromatic nitrogens is 2. The molecule has 0 aliphatic heterocycles. The quantitative estimate of drug-likeness (QED) is 0.417. The van der Waals surface area contributed by atoms with Gasteiger partial charge in [0.05, 0.1) is 19.4 Å². The fraction of sp³-hybridized carbons (Fsp3) is 0.227. The molecule has 10 heteroatoms. The van der Waals surface area contributed by atoms with E-state index in [1.54, 1.807) is 37.4 Å². The van der Waals surface area contributed by atoms with Gasteiger partial charge in [-0.1, -0.05) is 5.16 Å². The lowest BCUT2D eigenvalue weighted by molar-refractivity contribution is 0.183. The van der Waals surface area contributed by atoms with Crippen LogP contribution in [0.25, 0.3) is 11.4 Å². The number of aryl methyl sites for hydroxylation is 1. The van der Waals surface area contributed by atoms with Crippen LogP contribution in [0.15, 0.2) is 57.0 Å². The van der Waals surface area contributed by atoms with E-state index in [2.05, 4.69) is 19.9 Å². The molecule has 0 spiro atoms. The molecule has 0 saturated heterocycles. The minimum absolute atomic E-state index is 0.00492. The predicted molar refractivity (Wildman–Crippen MR) is 123 cm³/mol. The van der Waals surface area contributed by atoms with Gasteiger partial charge in [0.1, 0.15) is 10.8 Å². The Labute approximate surface area is 189 Å². The van der Waals surface area contributed by atoms with Crippen molar-refractivity contribution < 1.29 is 23.9 Å². The van der Waals surface area contributed by atoms with E-state index in [0.29, 0.717) is 46.1 Å². The molecular weight excluding hydrogens is 432 g/mol. The van der Waals surface area contributed by atoms with Crippen LogP contribution in [0.3, 0.4) is 0 Å². The Hall–Kier alpha value is -3.66. The molecule has 0 saturated carbocycles. The number of ether oxygens (including phenoxy) is 2. The van der Waals surface area contributed by atoms with Crippen LogP contribution in [-0.4, -0.2) is 52.1 Å². The highest BCUT2D eigenvalue weighted by Crippen LogP contribution is 2.29. The summed E-state index contributed by atoms with van der Waals surface area (Å²) in [6.45, 7) is 3.92. The number of rotatable bonds is 6. The maximum atomic E-state index is 11.8. The summed E-state index contributed by atoms with van der Waals surface area (Å²) < 4.78 is 15.2. The van der Waals surface area contributed by atoms with E-state index in [1.807, 2.05) is 19.1 Å². The maximum Gasteiger partial charge on any atom is 0.434 e. The van der Waals surface area contributed by atoms with Gasteiger partial charge in [-0.15, -0.1) is 11.8 Å². The zero-order chi connectivity index (χ0) is 23.1. The number of methoxy groups -OCH3 is 1. The van der Waals surface area contributed by atoms with Crippen LogP contribution in [0, 0.1) is 6.92 Å². The van der Waals surface area contributed by atoms with Crippen LogP contribution in [0.5, 0.6) is 11.5 Å². The summed E-state index contributed by atoms with van der Waals surface area (Å²) in [4.78, 5) is 24.8. The number of carbonyl (C=O) groups is 1. The second-order valence-corrected chi connectivity index (χ2v) is 7.15. The zero-order valence-electron chi connectivity index (χ0n) is 18.0. The molecule has 1 N–H and O–H groups in total. The van der Waals surface area contributed by atoms with Crippen LogP contribution in [0.2, 0.25) is 0 Å². The summed E-state index contributed by atoms with van der Waals surface area (Å²) >= 11 is 1.24. The molecule has 0 aliphatic rings. The molecule has 32 heavy (non-hydrogen) atoms. The number of hydrogen-bond donors (Lipinski definition) is 1. The smallest absolute Gasteiger partial charge is 0.434 e. The Balaban J connectivity index is 2.07. The number of benzene rings is 2. The number of phenolic OH excluding ortho intramolecular Hbond substituents is 1. The van der Waals surface area contributed by atoms with Gasteiger partial charge in [-0.05, 0) is 55.6 Å². The lowest BCUT2D eigenvalue weighted by Crippen LogP contribution is -2.14. The molecule has 0 aliphatic carbocycles. The molecule has 166 valence electrons. The van der Waals surface area contributed by atoms with Gasteiger partial charge in [-0.25, -0.2) is 9.79 Å². The molecule has 3 rings (SSSR count). The minimum Gasteiger partial charge on any atom is -0.504 e. The van der Waals surface area contributed by atoms with Crippen molar-refractivity contribution in [1.82, 2.24) is 10.1 Å². The first-order valence-electron chi connectivity index (χ1n) is 9.61. The first-order chi connectivity index (χ1) is 15.4. The fourth-order valence-corrected chi connectivity index (χ4v) is 3.25. The Kier molecular flexibility index (Phi) is 7.61. The summed E-state index contributed by atoms with van der Waals surface area (Å²) in [5.74, 6) is 1.27. The topological polar surface area (TPSA) is 119 Å². The number of hydrogen-bond acceptors (Lipinski definition) is 9. The number of phenols is 1. The summed E-state index contributed by atoms with van der Waals surface area (Å²) in [5.41, 5.74) is 2.42. The average Bonchev–Trinajstić information content (AvgIpc) is 3.24. The van der Waals surface area contributed by atoms with Gasteiger partial charge >= 0.3 is 6.09 Å². The van der Waals surface area contributed by atoms with Crippen molar-refractivity contribution in [3.63, 3.8) is 0 Å². The number of aromatic hydroxyl groups is 1. The number of aliphatic imine (C=N–C) groups is 2. The van der Waals surface area contributed by atoms with Gasteiger partial charge < -0.3 is 19.1 Å². The van der Waals surface area contributed by atoms with Crippen LogP contribution in [0.4, 0.5) is 10.5 Å². The van der Waals surface area contributed by atoms with E-state index in [-0.39, 0.29) is 5.75 Å². The minimum atomic E-state index is -0.742. The molecule has 0 fully saturated rings. The Morgan fingerprint density at radius 3 is 2.56 bits per heavy atom. The van der Waals surface area contributed by atoms with E-state index in [9.17, 15) is 9.90 Å². The molecule has 0 unspecified atom stereocenters. The number of nitrogens with zero attached hydrogens (tertiary/aromatic N) is 4. The van der Waals surface area contributed by atoms with Crippen molar-refractivity contribution in [3.05, 3.63) is 53.9 Å². The first-order valence-corrected chi connectivity index (χ1v) is 10.8. The van der Waals surface area contributed by atoms with Gasteiger partial charge in [0.2, 0.25) is 11.7 Å². The molecule has 3 aromatic rings. The van der Waals surface area contributed by atoms with E-state index in [4.69, 9.17) is 14.3 Å². The van der Waals surface area contributed by atoms with Crippen molar-refractivity contribution in [2.45, 2.75) is 13.8 Å². The van der Waals surface area contributed by atoms with Crippen LogP contribution < -0.4 is 4.74 Å². The molecule has 2 aromatic carbocycles. The standard InChI is InChI=1S/C22H22N4O5S/c1-5-30-18-12-15(8-11-17(18)27)19(21(32-4)25-22(28)29-3)24-16-9-6-14(7-10-16)20-23-13(2)31-26-20/h6-12,27H,5H2,1-4H3/b24-19+,25-21-. The molecule has 0 atom stereocenters. The van der Waals surface area contributed by atoms with Gasteiger partial charge in [0, 0.05) is 18.1 Å². The fourth-order valence-electron chi connectivity index (χ4n) is 2.72. The normalized spacial score (nSPS) is 12.0. The summed E-state index contributed by atoms with van der Waals surface area (Å²) in [6, 6.07) is 12.1. The van der Waals surface area contributed by atoms with E-state index in [0.717, 1.165) is 5.56 Å². The van der Waals surface area contributed by atoms with Crippen LogP contribution in [-0.2, 0) is 4.74 Å². The number of amides is 1. The Bertz CT molecular complexity index is 1160. The molecule has 9 nitrogen and oxygen atoms in total. The highest BCUT2D eigenvalue weighted by atomic mass is 32.2. The predicted octanol–water partition coefficient (Wildman–Crippen LogP) is 4.80. The highest BCUT2D eigenvalue weighted by molar-refractivity contribution is 8.15. The first kappa shape index (κ1) is 23.0. The molecule has 0 bridgehead atoms. The number of carbonyl (C=O) groups excluding carboxylic acids is 1. The molecule has 1 aromatic heterocycles. The summed E-state index contributed by atoms with van der Waals surface area (Å²) in [6.07, 6.45) is 1.04. The third kappa shape index (κ3) is 5.52. The largest absolute Gasteiger partial charge is 0.504 e. The highest BCUT2D eigenvalue weighted by Gasteiger charge is 2.17. The van der Waals surface area contributed by atoms with Gasteiger partial charge in [0.25, 0.3) is 0 Å².